The first-order chi connectivity index (χ1) is 7.70. The fraction of sp³-hybridized carbons (Fsp3) is 0.600. The molecule has 1 N–H and O–H groups in total. The molecule has 0 aliphatic carbocycles. The highest BCUT2D eigenvalue weighted by molar-refractivity contribution is 5.80. The summed E-state index contributed by atoms with van der Waals surface area (Å²) in [5.41, 5.74) is 7.98. The lowest BCUT2D eigenvalue weighted by atomic mass is 10.1. The van der Waals surface area contributed by atoms with Crippen molar-refractivity contribution in [1.29, 1.82) is 0 Å². The smallest absolute Gasteiger partial charge is 0.220 e. The Morgan fingerprint density at radius 1 is 1.38 bits per heavy atom. The Balaban J connectivity index is 3.46. The molecule has 0 fully saturated rings. The molecule has 0 unspecified atom stereocenters. The number of rotatable bonds is 8. The summed E-state index contributed by atoms with van der Waals surface area (Å²) in [6.45, 7) is 0.119. The minimum atomic E-state index is -0.111. The minimum Gasteiger partial charge on any atom is -0.345 e. The van der Waals surface area contributed by atoms with Gasteiger partial charge < -0.3 is 5.32 Å². The standard InChI is InChI=1S/C10H14N4O2/c1-2-7-12-10(16)6-4-3-5-9(15)8-13-14-11/h1H,3-8H2,(H,12,16). The van der Waals surface area contributed by atoms with Crippen molar-refractivity contribution in [2.75, 3.05) is 13.1 Å². The molecule has 0 spiro atoms. The molecule has 0 aromatic rings. The van der Waals surface area contributed by atoms with E-state index in [0.29, 0.717) is 25.7 Å². The summed E-state index contributed by atoms with van der Waals surface area (Å²) in [6.07, 6.45) is 6.90. The van der Waals surface area contributed by atoms with Crippen LogP contribution in [0.4, 0.5) is 0 Å². The Hall–Kier alpha value is -1.99. The lowest BCUT2D eigenvalue weighted by Crippen LogP contribution is -2.22. The first-order valence-corrected chi connectivity index (χ1v) is 4.93. The van der Waals surface area contributed by atoms with Gasteiger partial charge >= 0.3 is 0 Å². The van der Waals surface area contributed by atoms with Crippen LogP contribution in [0, 0.1) is 12.3 Å². The molecule has 0 aromatic carbocycles. The van der Waals surface area contributed by atoms with Crippen LogP contribution < -0.4 is 5.32 Å². The Kier molecular flexibility index (Phi) is 8.37. The van der Waals surface area contributed by atoms with Crippen LogP contribution in [-0.4, -0.2) is 24.8 Å². The van der Waals surface area contributed by atoms with Crippen molar-refractivity contribution < 1.29 is 9.59 Å². The molecule has 6 heteroatoms. The number of nitrogens with zero attached hydrogens (tertiary/aromatic N) is 3. The molecule has 1 amide bonds. The Morgan fingerprint density at radius 2 is 2.06 bits per heavy atom. The van der Waals surface area contributed by atoms with Gasteiger partial charge in [0, 0.05) is 17.8 Å². The van der Waals surface area contributed by atoms with Crippen LogP contribution in [0.25, 0.3) is 10.4 Å². The summed E-state index contributed by atoms with van der Waals surface area (Å²) in [5.74, 6) is 2.08. The number of amides is 1. The van der Waals surface area contributed by atoms with Crippen molar-refractivity contribution >= 4 is 11.7 Å². The molecule has 16 heavy (non-hydrogen) atoms. The second-order valence-corrected chi connectivity index (χ2v) is 3.12. The fourth-order valence-electron chi connectivity index (χ4n) is 1.04. The summed E-state index contributed by atoms with van der Waals surface area (Å²) >= 11 is 0. The Bertz CT molecular complexity index is 326. The molecule has 0 saturated carbocycles. The van der Waals surface area contributed by atoms with E-state index in [4.69, 9.17) is 12.0 Å². The summed E-state index contributed by atoms with van der Waals surface area (Å²) in [6, 6.07) is 0. The van der Waals surface area contributed by atoms with Gasteiger partial charge in [0.1, 0.15) is 5.78 Å². The summed E-state index contributed by atoms with van der Waals surface area (Å²) in [7, 11) is 0. The third kappa shape index (κ3) is 8.60. The van der Waals surface area contributed by atoms with Gasteiger partial charge in [-0.25, -0.2) is 0 Å². The van der Waals surface area contributed by atoms with Crippen LogP contribution in [0.1, 0.15) is 25.7 Å². The van der Waals surface area contributed by atoms with Gasteiger partial charge in [-0.05, 0) is 18.4 Å². The molecule has 86 valence electrons. The van der Waals surface area contributed by atoms with Crippen molar-refractivity contribution in [3.05, 3.63) is 10.4 Å². The highest BCUT2D eigenvalue weighted by Crippen LogP contribution is 2.00. The molecule has 0 aliphatic rings. The maximum atomic E-state index is 11.1. The first kappa shape index (κ1) is 14.0. The predicted molar refractivity (Wildman–Crippen MR) is 59.3 cm³/mol. The predicted octanol–water partition coefficient (Wildman–Crippen LogP) is 1.18. The zero-order valence-electron chi connectivity index (χ0n) is 8.98. The Morgan fingerprint density at radius 3 is 2.69 bits per heavy atom. The maximum absolute atomic E-state index is 11.1. The average molecular weight is 222 g/mol. The van der Waals surface area contributed by atoms with E-state index in [1.807, 2.05) is 0 Å². The van der Waals surface area contributed by atoms with E-state index >= 15 is 0 Å². The van der Waals surface area contributed by atoms with Crippen molar-refractivity contribution in [2.45, 2.75) is 25.7 Å². The van der Waals surface area contributed by atoms with Crippen LogP contribution in [0.5, 0.6) is 0 Å². The second-order valence-electron chi connectivity index (χ2n) is 3.12. The van der Waals surface area contributed by atoms with E-state index in [1.54, 1.807) is 0 Å². The molecule has 0 saturated heterocycles. The van der Waals surface area contributed by atoms with Crippen LogP contribution >= 0.6 is 0 Å². The molecular weight excluding hydrogens is 208 g/mol. The van der Waals surface area contributed by atoms with Gasteiger partial charge in [0.2, 0.25) is 5.91 Å². The van der Waals surface area contributed by atoms with Gasteiger partial charge in [-0.3, -0.25) is 9.59 Å². The fourth-order valence-corrected chi connectivity index (χ4v) is 1.04. The van der Waals surface area contributed by atoms with Gasteiger partial charge in [-0.15, -0.1) is 6.42 Å². The largest absolute Gasteiger partial charge is 0.345 e. The van der Waals surface area contributed by atoms with Gasteiger partial charge in [0.25, 0.3) is 0 Å². The molecule has 0 bridgehead atoms. The van der Waals surface area contributed by atoms with Gasteiger partial charge in [0.15, 0.2) is 0 Å². The van der Waals surface area contributed by atoms with Crippen LogP contribution in [0.3, 0.4) is 0 Å². The minimum absolute atomic E-state index is 0.109. The van der Waals surface area contributed by atoms with Crippen molar-refractivity contribution in [3.8, 4) is 12.3 Å². The second kappa shape index (κ2) is 9.56. The monoisotopic (exact) mass is 222 g/mol. The molecule has 0 radical (unpaired) electrons. The number of carbonyl (C=O) groups excluding carboxylic acids is 2. The van der Waals surface area contributed by atoms with Gasteiger partial charge in [-0.1, -0.05) is 11.0 Å². The van der Waals surface area contributed by atoms with Crippen molar-refractivity contribution in [1.82, 2.24) is 5.32 Å². The molecule has 0 heterocycles. The van der Waals surface area contributed by atoms with E-state index in [1.165, 1.54) is 0 Å². The number of hydrogen-bond acceptors (Lipinski definition) is 3. The van der Waals surface area contributed by atoms with E-state index in [2.05, 4.69) is 21.3 Å². The molecule has 0 aromatic heterocycles. The molecule has 6 nitrogen and oxygen atoms in total. The molecule has 0 rings (SSSR count). The van der Waals surface area contributed by atoms with E-state index in [0.717, 1.165) is 0 Å². The molecule has 0 aliphatic heterocycles. The highest BCUT2D eigenvalue weighted by atomic mass is 16.1. The SMILES string of the molecule is C#CCNC(=O)CCCCC(=O)CN=[N+]=[N-]. The number of azide groups is 1. The quantitative estimate of drug-likeness (QED) is 0.219. The summed E-state index contributed by atoms with van der Waals surface area (Å²) in [4.78, 5) is 24.6. The molecular formula is C10H14N4O2. The normalized spacial score (nSPS) is 8.69. The van der Waals surface area contributed by atoms with Crippen molar-refractivity contribution in [2.24, 2.45) is 5.11 Å². The third-order valence-corrected chi connectivity index (χ3v) is 1.81. The lowest BCUT2D eigenvalue weighted by Gasteiger charge is -2.00. The van der Waals surface area contributed by atoms with Crippen LogP contribution in [0.2, 0.25) is 0 Å². The van der Waals surface area contributed by atoms with Crippen LogP contribution in [-0.2, 0) is 9.59 Å². The third-order valence-electron chi connectivity index (χ3n) is 1.81. The summed E-state index contributed by atoms with van der Waals surface area (Å²) < 4.78 is 0. The zero-order valence-corrected chi connectivity index (χ0v) is 8.98. The van der Waals surface area contributed by atoms with Gasteiger partial charge in [-0.2, -0.15) is 0 Å². The lowest BCUT2D eigenvalue weighted by molar-refractivity contribution is -0.121. The molecule has 0 atom stereocenters. The topological polar surface area (TPSA) is 94.9 Å². The number of nitrogens with one attached hydrogen (secondary N) is 1. The zero-order chi connectivity index (χ0) is 12.2. The number of terminal acetylenes is 1. The summed E-state index contributed by atoms with van der Waals surface area (Å²) in [5, 5.41) is 5.68. The van der Waals surface area contributed by atoms with E-state index in [9.17, 15) is 9.59 Å². The van der Waals surface area contributed by atoms with Crippen molar-refractivity contribution in [3.63, 3.8) is 0 Å². The number of unbranched alkanes of at least 4 members (excludes halogenated alkanes) is 1. The average Bonchev–Trinajstić information content (AvgIpc) is 2.29. The Labute approximate surface area is 94.0 Å². The number of Topliss-reactive ketones (excluding diaryl/α,β-unsaturated/α-hetero) is 1. The maximum Gasteiger partial charge on any atom is 0.220 e. The first-order valence-electron chi connectivity index (χ1n) is 4.93. The van der Waals surface area contributed by atoms with Crippen LogP contribution in [0.15, 0.2) is 5.11 Å². The number of ketones is 1. The van der Waals surface area contributed by atoms with E-state index < -0.39 is 0 Å². The number of hydrogen-bond donors (Lipinski definition) is 1. The highest BCUT2D eigenvalue weighted by Gasteiger charge is 2.02. The van der Waals surface area contributed by atoms with Gasteiger partial charge in [0.05, 0.1) is 13.1 Å². The van der Waals surface area contributed by atoms with E-state index in [-0.39, 0.29) is 24.8 Å². The number of carbonyl (C=O) groups is 2.